The Balaban J connectivity index is 1.45. The molecular weight excluding hydrogens is 302 g/mol. The number of aromatic nitrogens is 4. The number of amides is 1. The van der Waals surface area contributed by atoms with Crippen molar-refractivity contribution in [2.24, 2.45) is 5.92 Å². The highest BCUT2D eigenvalue weighted by Gasteiger charge is 2.23. The summed E-state index contributed by atoms with van der Waals surface area (Å²) in [4.78, 5) is 14.5. The molecule has 1 amide bonds. The van der Waals surface area contributed by atoms with Crippen LogP contribution in [0.5, 0.6) is 0 Å². The van der Waals surface area contributed by atoms with Gasteiger partial charge in [-0.05, 0) is 57.6 Å². The highest BCUT2D eigenvalue weighted by atomic mass is 16.2. The van der Waals surface area contributed by atoms with E-state index >= 15 is 0 Å². The number of carbonyl (C=O) groups is 1. The Labute approximate surface area is 143 Å². The molecule has 0 spiro atoms. The Morgan fingerprint density at radius 3 is 3.00 bits per heavy atom. The molecule has 1 unspecified atom stereocenters. The van der Waals surface area contributed by atoms with Gasteiger partial charge < -0.3 is 4.90 Å². The molecule has 0 radical (unpaired) electrons. The normalized spacial score (nSPS) is 18.1. The number of hydrogen-bond donors (Lipinski definition) is 1. The second kappa shape index (κ2) is 7.64. The summed E-state index contributed by atoms with van der Waals surface area (Å²) in [6.45, 7) is 6.65. The lowest BCUT2D eigenvalue weighted by atomic mass is 9.93. The molecule has 6 nitrogen and oxygen atoms in total. The number of nitrogens with zero attached hydrogens (tertiary/aromatic N) is 4. The van der Waals surface area contributed by atoms with E-state index in [1.807, 2.05) is 22.6 Å². The maximum Gasteiger partial charge on any atom is 0.222 e. The number of aromatic amines is 1. The van der Waals surface area contributed by atoms with Crippen LogP contribution in [-0.2, 0) is 17.8 Å². The maximum absolute atomic E-state index is 12.5. The molecule has 24 heavy (non-hydrogen) atoms. The molecule has 2 aromatic rings. The van der Waals surface area contributed by atoms with Crippen molar-refractivity contribution in [3.8, 4) is 0 Å². The lowest BCUT2D eigenvalue weighted by Gasteiger charge is -2.32. The van der Waals surface area contributed by atoms with Gasteiger partial charge in [0.05, 0.1) is 5.69 Å². The molecule has 0 bridgehead atoms. The average molecular weight is 329 g/mol. The third-order valence-electron chi connectivity index (χ3n) is 4.80. The first-order valence-electron chi connectivity index (χ1n) is 8.89. The smallest absolute Gasteiger partial charge is 0.222 e. The van der Waals surface area contributed by atoms with E-state index in [4.69, 9.17) is 0 Å². The standard InChI is InChI=1S/C18H27N5O/c1-14-11-15(2)23(21-14)10-4-6-18(24)22-9-3-5-16(13-22)12-17-7-8-19-20-17/h7-8,11,16H,3-6,9-10,12-13H2,1-2H3,(H,19,20). The van der Waals surface area contributed by atoms with Crippen molar-refractivity contribution in [1.29, 1.82) is 0 Å². The van der Waals surface area contributed by atoms with E-state index in [1.54, 1.807) is 6.20 Å². The molecule has 1 saturated heterocycles. The Kier molecular flexibility index (Phi) is 5.33. The predicted octanol–water partition coefficient (Wildman–Crippen LogP) is 2.48. The number of aryl methyl sites for hydroxylation is 3. The summed E-state index contributed by atoms with van der Waals surface area (Å²) in [6, 6.07) is 4.10. The van der Waals surface area contributed by atoms with E-state index in [1.165, 1.54) is 12.1 Å². The second-order valence-corrected chi connectivity index (χ2v) is 6.89. The van der Waals surface area contributed by atoms with Crippen LogP contribution in [0.3, 0.4) is 0 Å². The van der Waals surface area contributed by atoms with Crippen molar-refractivity contribution in [2.75, 3.05) is 13.1 Å². The third-order valence-corrected chi connectivity index (χ3v) is 4.80. The van der Waals surface area contributed by atoms with Crippen LogP contribution >= 0.6 is 0 Å². The minimum atomic E-state index is 0.283. The summed E-state index contributed by atoms with van der Waals surface area (Å²) in [5, 5.41) is 11.5. The van der Waals surface area contributed by atoms with E-state index in [-0.39, 0.29) is 5.91 Å². The van der Waals surface area contributed by atoms with Gasteiger partial charge >= 0.3 is 0 Å². The molecule has 0 aromatic carbocycles. The zero-order valence-corrected chi connectivity index (χ0v) is 14.7. The molecule has 2 aromatic heterocycles. The van der Waals surface area contributed by atoms with Crippen LogP contribution < -0.4 is 0 Å². The summed E-state index contributed by atoms with van der Waals surface area (Å²) in [5.41, 5.74) is 3.37. The van der Waals surface area contributed by atoms with Gasteiger partial charge in [-0.3, -0.25) is 14.6 Å². The Bertz CT molecular complexity index is 661. The quantitative estimate of drug-likeness (QED) is 0.885. The number of rotatable bonds is 6. The van der Waals surface area contributed by atoms with E-state index in [0.717, 1.165) is 50.3 Å². The Morgan fingerprint density at radius 1 is 1.42 bits per heavy atom. The average Bonchev–Trinajstić information content (AvgIpc) is 3.17. The van der Waals surface area contributed by atoms with Crippen LogP contribution in [0.4, 0.5) is 0 Å². The molecular formula is C18H27N5O. The molecule has 1 aliphatic rings. The molecule has 3 heterocycles. The van der Waals surface area contributed by atoms with Gasteiger partial charge in [0.15, 0.2) is 0 Å². The fraction of sp³-hybridized carbons (Fsp3) is 0.611. The monoisotopic (exact) mass is 329 g/mol. The van der Waals surface area contributed by atoms with Crippen LogP contribution in [-0.4, -0.2) is 43.9 Å². The van der Waals surface area contributed by atoms with Crippen molar-refractivity contribution >= 4 is 5.91 Å². The van der Waals surface area contributed by atoms with Gasteiger partial charge in [-0.25, -0.2) is 0 Å². The first-order chi connectivity index (χ1) is 11.6. The van der Waals surface area contributed by atoms with E-state index in [0.29, 0.717) is 12.3 Å². The van der Waals surface area contributed by atoms with Gasteiger partial charge in [0.2, 0.25) is 5.91 Å². The fourth-order valence-electron chi connectivity index (χ4n) is 3.61. The molecule has 3 rings (SSSR count). The van der Waals surface area contributed by atoms with Gasteiger partial charge in [0.25, 0.3) is 0 Å². The summed E-state index contributed by atoms with van der Waals surface area (Å²) in [7, 11) is 0. The number of piperidine rings is 1. The number of nitrogens with one attached hydrogen (secondary N) is 1. The van der Waals surface area contributed by atoms with Crippen molar-refractivity contribution in [3.05, 3.63) is 35.4 Å². The maximum atomic E-state index is 12.5. The summed E-state index contributed by atoms with van der Waals surface area (Å²) in [5.74, 6) is 0.824. The molecule has 1 atom stereocenters. The van der Waals surface area contributed by atoms with Crippen LogP contribution in [0.2, 0.25) is 0 Å². The lowest BCUT2D eigenvalue weighted by molar-refractivity contribution is -0.133. The van der Waals surface area contributed by atoms with E-state index in [2.05, 4.69) is 28.3 Å². The highest BCUT2D eigenvalue weighted by Crippen LogP contribution is 2.21. The number of likely N-dealkylation sites (tertiary alicyclic amines) is 1. The van der Waals surface area contributed by atoms with Crippen LogP contribution in [0, 0.1) is 19.8 Å². The fourth-order valence-corrected chi connectivity index (χ4v) is 3.61. The van der Waals surface area contributed by atoms with Gasteiger partial charge in [-0.2, -0.15) is 10.2 Å². The van der Waals surface area contributed by atoms with E-state index in [9.17, 15) is 4.79 Å². The number of carbonyl (C=O) groups excluding carboxylic acids is 1. The molecule has 1 fully saturated rings. The van der Waals surface area contributed by atoms with Crippen LogP contribution in [0.15, 0.2) is 18.3 Å². The first-order valence-corrected chi connectivity index (χ1v) is 8.89. The van der Waals surface area contributed by atoms with Gasteiger partial charge in [0, 0.05) is 43.6 Å². The Hall–Kier alpha value is -2.11. The topological polar surface area (TPSA) is 66.8 Å². The summed E-state index contributed by atoms with van der Waals surface area (Å²) >= 11 is 0. The molecule has 0 saturated carbocycles. The molecule has 1 N–H and O–H groups in total. The van der Waals surface area contributed by atoms with Crippen LogP contribution in [0.25, 0.3) is 0 Å². The van der Waals surface area contributed by atoms with E-state index < -0.39 is 0 Å². The lowest BCUT2D eigenvalue weighted by Crippen LogP contribution is -2.40. The van der Waals surface area contributed by atoms with Gasteiger partial charge in [-0.15, -0.1) is 0 Å². The minimum Gasteiger partial charge on any atom is -0.342 e. The number of H-pyrrole nitrogens is 1. The Morgan fingerprint density at radius 2 is 2.29 bits per heavy atom. The zero-order valence-electron chi connectivity index (χ0n) is 14.7. The second-order valence-electron chi connectivity index (χ2n) is 6.89. The predicted molar refractivity (Wildman–Crippen MR) is 92.5 cm³/mol. The van der Waals surface area contributed by atoms with Crippen molar-refractivity contribution in [3.63, 3.8) is 0 Å². The van der Waals surface area contributed by atoms with Crippen molar-refractivity contribution in [2.45, 2.75) is 52.5 Å². The van der Waals surface area contributed by atoms with Gasteiger partial charge in [0.1, 0.15) is 0 Å². The molecule has 130 valence electrons. The van der Waals surface area contributed by atoms with Crippen molar-refractivity contribution in [1.82, 2.24) is 24.9 Å². The SMILES string of the molecule is Cc1cc(C)n(CCCC(=O)N2CCCC(Cc3ccn[nH]3)C2)n1. The largest absolute Gasteiger partial charge is 0.342 e. The highest BCUT2D eigenvalue weighted by molar-refractivity contribution is 5.76. The van der Waals surface area contributed by atoms with Crippen LogP contribution in [0.1, 0.15) is 42.8 Å². The third kappa shape index (κ3) is 4.24. The number of hydrogen-bond acceptors (Lipinski definition) is 3. The summed E-state index contributed by atoms with van der Waals surface area (Å²) in [6.07, 6.45) is 6.52. The minimum absolute atomic E-state index is 0.283. The first kappa shape index (κ1) is 16.7. The van der Waals surface area contributed by atoms with Crippen molar-refractivity contribution < 1.29 is 4.79 Å². The summed E-state index contributed by atoms with van der Waals surface area (Å²) < 4.78 is 2.00. The van der Waals surface area contributed by atoms with Gasteiger partial charge in [-0.1, -0.05) is 0 Å². The molecule has 0 aliphatic carbocycles. The zero-order chi connectivity index (χ0) is 16.9. The molecule has 6 heteroatoms. The molecule has 1 aliphatic heterocycles.